The Morgan fingerprint density at radius 1 is 1.10 bits per heavy atom. The zero-order valence-electron chi connectivity index (χ0n) is 12.3. The zero-order valence-corrected chi connectivity index (χ0v) is 13.1. The molecule has 2 N–H and O–H groups in total. The highest BCUT2D eigenvalue weighted by Gasteiger charge is 2.10. The van der Waals surface area contributed by atoms with Gasteiger partial charge >= 0.3 is 0 Å². The van der Waals surface area contributed by atoms with Crippen molar-refractivity contribution in [2.75, 3.05) is 5.75 Å². The second-order valence-corrected chi connectivity index (χ2v) is 6.05. The Hall–Kier alpha value is -1.45. The molecule has 0 saturated carbocycles. The molecule has 2 aromatic rings. The van der Waals surface area contributed by atoms with Gasteiger partial charge in [0.1, 0.15) is 11.5 Å². The third-order valence-electron chi connectivity index (χ3n) is 3.14. The Morgan fingerprint density at radius 2 is 1.90 bits per heavy atom. The van der Waals surface area contributed by atoms with Crippen LogP contribution in [0, 0.1) is 13.8 Å². The average molecular weight is 287 g/mol. The highest BCUT2D eigenvalue weighted by molar-refractivity contribution is 7.99. The van der Waals surface area contributed by atoms with E-state index in [-0.39, 0.29) is 0 Å². The molecule has 2 rings (SSSR count). The van der Waals surface area contributed by atoms with Crippen molar-refractivity contribution in [1.29, 1.82) is 0 Å². The molecule has 0 heterocycles. The van der Waals surface area contributed by atoms with Crippen LogP contribution in [0.3, 0.4) is 0 Å². The fraction of sp³-hybridized carbons (Fsp3) is 0.294. The van der Waals surface area contributed by atoms with E-state index in [1.165, 1.54) is 10.5 Å². The van der Waals surface area contributed by atoms with Crippen LogP contribution in [0.1, 0.15) is 23.6 Å². The van der Waals surface area contributed by atoms with Gasteiger partial charge in [-0.05, 0) is 43.4 Å². The summed E-state index contributed by atoms with van der Waals surface area (Å²) in [5, 5.41) is 0. The smallest absolute Gasteiger partial charge is 0.133 e. The number of ether oxygens (including phenoxy) is 1. The highest BCUT2D eigenvalue weighted by atomic mass is 32.2. The third kappa shape index (κ3) is 3.35. The Labute approximate surface area is 125 Å². The van der Waals surface area contributed by atoms with E-state index in [0.717, 1.165) is 28.4 Å². The summed E-state index contributed by atoms with van der Waals surface area (Å²) in [6, 6.07) is 12.3. The third-order valence-corrected chi connectivity index (χ3v) is 4.13. The first-order valence-corrected chi connectivity index (χ1v) is 7.84. The van der Waals surface area contributed by atoms with E-state index in [4.69, 9.17) is 10.5 Å². The molecule has 0 amide bonds. The maximum atomic E-state index is 6.08. The van der Waals surface area contributed by atoms with Gasteiger partial charge in [-0.2, -0.15) is 0 Å². The lowest BCUT2D eigenvalue weighted by molar-refractivity contribution is 0.470. The second-order valence-electron chi connectivity index (χ2n) is 4.74. The summed E-state index contributed by atoms with van der Waals surface area (Å²) in [6.07, 6.45) is 0. The van der Waals surface area contributed by atoms with Gasteiger partial charge in [0.25, 0.3) is 0 Å². The molecule has 0 fully saturated rings. The van der Waals surface area contributed by atoms with Gasteiger partial charge in [0.05, 0.1) is 0 Å². The first kappa shape index (κ1) is 14.9. The maximum absolute atomic E-state index is 6.08. The molecule has 0 unspecified atom stereocenters. The lowest BCUT2D eigenvalue weighted by Crippen LogP contribution is -2.02. The molecule has 0 atom stereocenters. The number of hydrogen-bond acceptors (Lipinski definition) is 3. The minimum absolute atomic E-state index is 0.489. The molecule has 0 aromatic heterocycles. The minimum atomic E-state index is 0.489. The van der Waals surface area contributed by atoms with E-state index in [1.807, 2.05) is 18.2 Å². The molecule has 3 heteroatoms. The summed E-state index contributed by atoms with van der Waals surface area (Å²) in [4.78, 5) is 1.21. The predicted octanol–water partition coefficient (Wildman–Crippen LogP) is 4.67. The number of rotatable bonds is 5. The first-order chi connectivity index (χ1) is 9.65. The quantitative estimate of drug-likeness (QED) is 0.812. The van der Waals surface area contributed by atoms with Crippen LogP contribution < -0.4 is 10.5 Å². The van der Waals surface area contributed by atoms with Gasteiger partial charge < -0.3 is 10.5 Å². The Morgan fingerprint density at radius 3 is 2.55 bits per heavy atom. The molecular weight excluding hydrogens is 266 g/mol. The molecular formula is C17H21NOS. The van der Waals surface area contributed by atoms with E-state index in [0.29, 0.717) is 6.54 Å². The minimum Gasteiger partial charge on any atom is -0.457 e. The van der Waals surface area contributed by atoms with E-state index in [2.05, 4.69) is 39.0 Å². The molecule has 0 radical (unpaired) electrons. The topological polar surface area (TPSA) is 35.2 Å². The second kappa shape index (κ2) is 6.82. The van der Waals surface area contributed by atoms with Crippen LogP contribution in [-0.2, 0) is 6.54 Å². The lowest BCUT2D eigenvalue weighted by Gasteiger charge is -2.15. The van der Waals surface area contributed by atoms with E-state index < -0.39 is 0 Å². The van der Waals surface area contributed by atoms with Gasteiger partial charge in [-0.15, -0.1) is 11.8 Å². The maximum Gasteiger partial charge on any atom is 0.133 e. The molecule has 2 aromatic carbocycles. The van der Waals surface area contributed by atoms with Crippen molar-refractivity contribution in [3.8, 4) is 11.5 Å². The molecule has 106 valence electrons. The van der Waals surface area contributed by atoms with Crippen LogP contribution in [-0.4, -0.2) is 5.75 Å². The fourth-order valence-electron chi connectivity index (χ4n) is 2.17. The number of nitrogens with two attached hydrogens (primary N) is 1. The summed E-state index contributed by atoms with van der Waals surface area (Å²) >= 11 is 1.80. The monoisotopic (exact) mass is 287 g/mol. The Bertz CT molecular complexity index is 596. The normalized spacial score (nSPS) is 10.6. The molecule has 0 spiro atoms. The summed E-state index contributed by atoms with van der Waals surface area (Å²) in [6.45, 7) is 6.78. The summed E-state index contributed by atoms with van der Waals surface area (Å²) in [5.74, 6) is 2.78. The van der Waals surface area contributed by atoms with Gasteiger partial charge in [-0.3, -0.25) is 0 Å². The first-order valence-electron chi connectivity index (χ1n) is 6.85. The lowest BCUT2D eigenvalue weighted by atomic mass is 10.1. The van der Waals surface area contributed by atoms with Crippen LogP contribution in [0.25, 0.3) is 0 Å². The Balaban J connectivity index is 2.35. The number of hydrogen-bond donors (Lipinski definition) is 1. The summed E-state index contributed by atoms with van der Waals surface area (Å²) < 4.78 is 6.08. The number of benzene rings is 2. The van der Waals surface area contributed by atoms with E-state index >= 15 is 0 Å². The van der Waals surface area contributed by atoms with Crippen molar-refractivity contribution in [2.24, 2.45) is 5.73 Å². The number of aryl methyl sites for hydroxylation is 2. The van der Waals surface area contributed by atoms with Crippen LogP contribution in [0.2, 0.25) is 0 Å². The van der Waals surface area contributed by atoms with Crippen LogP contribution in [0.15, 0.2) is 41.3 Å². The molecule has 20 heavy (non-hydrogen) atoms. The molecule has 0 saturated heterocycles. The Kier molecular flexibility index (Phi) is 5.10. The van der Waals surface area contributed by atoms with Crippen molar-refractivity contribution >= 4 is 11.8 Å². The van der Waals surface area contributed by atoms with Gasteiger partial charge in [-0.25, -0.2) is 0 Å². The predicted molar refractivity (Wildman–Crippen MR) is 86.7 cm³/mol. The summed E-state index contributed by atoms with van der Waals surface area (Å²) in [5.41, 5.74) is 9.37. The van der Waals surface area contributed by atoms with Crippen molar-refractivity contribution in [3.05, 3.63) is 53.1 Å². The van der Waals surface area contributed by atoms with Crippen LogP contribution in [0.4, 0.5) is 0 Å². The van der Waals surface area contributed by atoms with Gasteiger partial charge in [-0.1, -0.05) is 30.7 Å². The fourth-order valence-corrected chi connectivity index (χ4v) is 3.01. The number of thioether (sulfide) groups is 1. The zero-order chi connectivity index (χ0) is 14.5. The van der Waals surface area contributed by atoms with Gasteiger partial charge in [0, 0.05) is 17.0 Å². The SMILES string of the molecule is CCSc1cccc(Oc2ccc(C)cc2C)c1CN. The van der Waals surface area contributed by atoms with Crippen molar-refractivity contribution in [1.82, 2.24) is 0 Å². The highest BCUT2D eigenvalue weighted by Crippen LogP contribution is 2.33. The van der Waals surface area contributed by atoms with Crippen molar-refractivity contribution in [3.63, 3.8) is 0 Å². The van der Waals surface area contributed by atoms with Crippen LogP contribution in [0.5, 0.6) is 11.5 Å². The molecule has 0 aliphatic heterocycles. The largest absolute Gasteiger partial charge is 0.457 e. The van der Waals surface area contributed by atoms with Gasteiger partial charge in [0.15, 0.2) is 0 Å². The van der Waals surface area contributed by atoms with Gasteiger partial charge in [0.2, 0.25) is 0 Å². The molecule has 2 nitrogen and oxygen atoms in total. The summed E-state index contributed by atoms with van der Waals surface area (Å²) in [7, 11) is 0. The molecule has 0 aliphatic rings. The molecule has 0 bridgehead atoms. The van der Waals surface area contributed by atoms with E-state index in [1.54, 1.807) is 11.8 Å². The van der Waals surface area contributed by atoms with Crippen molar-refractivity contribution in [2.45, 2.75) is 32.2 Å². The van der Waals surface area contributed by atoms with Crippen LogP contribution >= 0.6 is 11.8 Å². The standard InChI is InChI=1S/C17H21NOS/c1-4-20-17-7-5-6-16(14(17)11-18)19-15-9-8-12(2)10-13(15)3/h5-10H,4,11,18H2,1-3H3. The molecule has 0 aliphatic carbocycles. The van der Waals surface area contributed by atoms with Crippen molar-refractivity contribution < 1.29 is 4.74 Å². The van der Waals surface area contributed by atoms with E-state index in [9.17, 15) is 0 Å². The average Bonchev–Trinajstić information content (AvgIpc) is 2.42.